The summed E-state index contributed by atoms with van der Waals surface area (Å²) < 4.78 is 10.7. The number of aliphatic carboxylic acids is 1. The molecule has 0 spiro atoms. The Kier molecular flexibility index (Phi) is 7.46. The van der Waals surface area contributed by atoms with Gasteiger partial charge >= 0.3 is 5.97 Å². The highest BCUT2D eigenvalue weighted by molar-refractivity contribution is 5.94. The molecule has 0 bridgehead atoms. The molecule has 1 unspecified atom stereocenters. The van der Waals surface area contributed by atoms with Crippen LogP contribution < -0.4 is 15.4 Å². The molecule has 1 aromatic carbocycles. The van der Waals surface area contributed by atoms with Crippen molar-refractivity contribution in [1.29, 1.82) is 0 Å². The van der Waals surface area contributed by atoms with Crippen LogP contribution in [-0.4, -0.2) is 101 Å². The Morgan fingerprint density at radius 3 is 2.32 bits per heavy atom. The number of hydrogen-bond donors (Lipinski definition) is 6. The van der Waals surface area contributed by atoms with Crippen molar-refractivity contribution >= 4 is 17.6 Å². The highest BCUT2D eigenvalue weighted by Gasteiger charge is 2.48. The molecule has 2 saturated heterocycles. The monoisotopic (exact) mass is 439 g/mol. The van der Waals surface area contributed by atoms with E-state index in [4.69, 9.17) is 14.6 Å². The summed E-state index contributed by atoms with van der Waals surface area (Å²) in [5.41, 5.74) is 2.03. The van der Waals surface area contributed by atoms with Crippen molar-refractivity contribution in [2.24, 2.45) is 0 Å². The van der Waals surface area contributed by atoms with Crippen LogP contribution in [0.5, 0.6) is 5.75 Å². The molecule has 11 nitrogen and oxygen atoms in total. The predicted octanol–water partition coefficient (Wildman–Crippen LogP) is -1.58. The highest BCUT2D eigenvalue weighted by atomic mass is 16.7. The summed E-state index contributed by atoms with van der Waals surface area (Å²) in [5, 5.41) is 45.1. The van der Waals surface area contributed by atoms with Gasteiger partial charge in [0, 0.05) is 31.9 Å². The summed E-state index contributed by atoms with van der Waals surface area (Å²) in [6.07, 6.45) is -8.42. The van der Waals surface area contributed by atoms with Gasteiger partial charge in [-0.05, 0) is 37.1 Å². The number of carbonyl (C=O) groups is 2. The van der Waals surface area contributed by atoms with E-state index < -0.39 is 36.7 Å². The Morgan fingerprint density at radius 1 is 1.13 bits per heavy atom. The van der Waals surface area contributed by atoms with Crippen molar-refractivity contribution in [1.82, 2.24) is 10.2 Å². The van der Waals surface area contributed by atoms with E-state index in [0.29, 0.717) is 16.8 Å². The van der Waals surface area contributed by atoms with Gasteiger partial charge in [0.05, 0.1) is 6.54 Å². The molecular formula is C20H29N3O8. The van der Waals surface area contributed by atoms with Crippen LogP contribution in [0.2, 0.25) is 0 Å². The van der Waals surface area contributed by atoms with Crippen molar-refractivity contribution in [2.75, 3.05) is 38.0 Å². The van der Waals surface area contributed by atoms with Crippen LogP contribution in [0.15, 0.2) is 12.1 Å². The number of anilines is 1. The molecule has 0 saturated carbocycles. The quantitative estimate of drug-likeness (QED) is 0.305. The number of carboxylic acids is 1. The van der Waals surface area contributed by atoms with Gasteiger partial charge in [0.1, 0.15) is 24.1 Å². The number of amides is 1. The van der Waals surface area contributed by atoms with Gasteiger partial charge < -0.3 is 40.5 Å². The Hall–Kier alpha value is -2.28. The Balaban J connectivity index is 1.68. The third-order valence-corrected chi connectivity index (χ3v) is 5.41. The Labute approximate surface area is 179 Å². The maximum atomic E-state index is 12.4. The molecule has 0 aromatic heterocycles. The molecular weight excluding hydrogens is 410 g/mol. The maximum absolute atomic E-state index is 12.4. The molecule has 0 aliphatic carbocycles. The molecule has 2 heterocycles. The first-order valence-electron chi connectivity index (χ1n) is 10.1. The number of hydrogen-bond acceptors (Lipinski definition) is 9. The second-order valence-corrected chi connectivity index (χ2v) is 7.86. The van der Waals surface area contributed by atoms with Gasteiger partial charge in [0.15, 0.2) is 6.10 Å². The molecule has 0 radical (unpaired) electrons. The van der Waals surface area contributed by atoms with E-state index in [1.807, 2.05) is 0 Å². The minimum atomic E-state index is -1.79. The number of aryl methyl sites for hydroxylation is 2. The first-order valence-corrected chi connectivity index (χ1v) is 10.1. The van der Waals surface area contributed by atoms with E-state index in [9.17, 15) is 24.9 Å². The number of piperazine rings is 1. The van der Waals surface area contributed by atoms with Gasteiger partial charge in [-0.3, -0.25) is 9.69 Å². The van der Waals surface area contributed by atoms with Crippen LogP contribution in [0, 0.1) is 13.8 Å². The smallest absolute Gasteiger partial charge is 0.335 e. The highest BCUT2D eigenvalue weighted by Crippen LogP contribution is 2.30. The minimum absolute atomic E-state index is 0.130. The zero-order valence-corrected chi connectivity index (χ0v) is 17.4. The number of aliphatic hydroxyl groups is 3. The lowest BCUT2D eigenvalue weighted by molar-refractivity contribution is -0.271. The molecule has 172 valence electrons. The van der Waals surface area contributed by atoms with Crippen molar-refractivity contribution in [2.45, 2.75) is 44.6 Å². The molecule has 2 aliphatic rings. The van der Waals surface area contributed by atoms with Gasteiger partial charge in [0.25, 0.3) is 0 Å². The lowest BCUT2D eigenvalue weighted by atomic mass is 9.99. The summed E-state index contributed by atoms with van der Waals surface area (Å²) in [7, 11) is 0. The van der Waals surface area contributed by atoms with Crippen molar-refractivity contribution in [3.8, 4) is 5.75 Å². The zero-order valence-electron chi connectivity index (χ0n) is 17.4. The summed E-state index contributed by atoms with van der Waals surface area (Å²) in [4.78, 5) is 25.7. The third kappa shape index (κ3) is 5.50. The molecule has 3 rings (SSSR count). The number of ether oxygens (including phenoxy) is 2. The van der Waals surface area contributed by atoms with Crippen LogP contribution in [0.3, 0.4) is 0 Å². The summed E-state index contributed by atoms with van der Waals surface area (Å²) in [6, 6.07) is 3.22. The fourth-order valence-electron chi connectivity index (χ4n) is 3.72. The largest absolute Gasteiger partial charge is 0.479 e. The average molecular weight is 439 g/mol. The number of nitrogens with one attached hydrogen (secondary N) is 2. The van der Waals surface area contributed by atoms with Gasteiger partial charge in [0.2, 0.25) is 12.2 Å². The fourth-order valence-corrected chi connectivity index (χ4v) is 3.72. The zero-order chi connectivity index (χ0) is 22.7. The van der Waals surface area contributed by atoms with Crippen molar-refractivity contribution < 1.29 is 39.5 Å². The average Bonchev–Trinajstić information content (AvgIpc) is 2.71. The first kappa shape index (κ1) is 23.4. The fraction of sp³-hybridized carbons (Fsp3) is 0.600. The van der Waals surface area contributed by atoms with E-state index in [1.54, 1.807) is 26.0 Å². The van der Waals surface area contributed by atoms with Crippen LogP contribution in [0.4, 0.5) is 5.69 Å². The second kappa shape index (κ2) is 9.90. The molecule has 2 fully saturated rings. The van der Waals surface area contributed by atoms with Gasteiger partial charge in [-0.15, -0.1) is 0 Å². The summed E-state index contributed by atoms with van der Waals surface area (Å²) in [6.45, 7) is 7.15. The number of nitrogens with zero attached hydrogens (tertiary/aromatic N) is 1. The van der Waals surface area contributed by atoms with E-state index in [1.165, 1.54) is 0 Å². The van der Waals surface area contributed by atoms with Gasteiger partial charge in [-0.1, -0.05) is 0 Å². The lowest BCUT2D eigenvalue weighted by Crippen LogP contribution is -2.61. The van der Waals surface area contributed by atoms with E-state index in [-0.39, 0.29) is 18.2 Å². The summed E-state index contributed by atoms with van der Waals surface area (Å²) in [5.74, 6) is -1.36. The van der Waals surface area contributed by atoms with Crippen LogP contribution in [0.1, 0.15) is 11.1 Å². The molecule has 1 aromatic rings. The molecule has 5 atom stereocenters. The Morgan fingerprint density at radius 2 is 1.74 bits per heavy atom. The third-order valence-electron chi connectivity index (χ3n) is 5.41. The lowest BCUT2D eigenvalue weighted by Gasteiger charge is -2.38. The molecule has 6 N–H and O–H groups in total. The minimum Gasteiger partial charge on any atom is -0.479 e. The van der Waals surface area contributed by atoms with Crippen LogP contribution >= 0.6 is 0 Å². The Bertz CT molecular complexity index is 791. The van der Waals surface area contributed by atoms with E-state index >= 15 is 0 Å². The summed E-state index contributed by atoms with van der Waals surface area (Å²) >= 11 is 0. The van der Waals surface area contributed by atoms with Gasteiger partial charge in [-0.25, -0.2) is 4.79 Å². The number of benzene rings is 1. The maximum Gasteiger partial charge on any atom is 0.335 e. The topological polar surface area (TPSA) is 161 Å². The molecule has 31 heavy (non-hydrogen) atoms. The van der Waals surface area contributed by atoms with E-state index in [2.05, 4.69) is 15.5 Å². The van der Waals surface area contributed by atoms with Gasteiger partial charge in [-0.2, -0.15) is 0 Å². The standard InChI is InChI=1S/C20H29N3O8/c1-10-7-12(30-20-17(27)15(25)16(26)18(31-20)19(28)29)8-11(2)14(10)22-13(24)9-23-5-3-21-4-6-23/h7-8,15-18,20-21,25-27H,3-6,9H2,1-2H3,(H,22,24)(H,28,29)/t15-,16-,17+,18-,20?/m0/s1. The van der Waals surface area contributed by atoms with Crippen molar-refractivity contribution in [3.05, 3.63) is 23.3 Å². The molecule has 1 amide bonds. The number of carbonyl (C=O) groups excluding carboxylic acids is 1. The number of carboxylic acid groups (broad SMARTS) is 1. The second-order valence-electron chi connectivity index (χ2n) is 7.86. The molecule has 11 heteroatoms. The molecule has 2 aliphatic heterocycles. The SMILES string of the molecule is Cc1cc(OC2O[C@H](C(=O)O)[C@@H](O)[C@H](O)[C@H]2O)cc(C)c1NC(=O)CN1CCNCC1. The normalized spacial score (nSPS) is 29.4. The first-order chi connectivity index (χ1) is 14.7. The number of rotatable bonds is 6. The van der Waals surface area contributed by atoms with Crippen LogP contribution in [0.25, 0.3) is 0 Å². The van der Waals surface area contributed by atoms with E-state index in [0.717, 1.165) is 26.2 Å². The predicted molar refractivity (Wildman–Crippen MR) is 109 cm³/mol. The van der Waals surface area contributed by atoms with Crippen LogP contribution in [-0.2, 0) is 14.3 Å². The number of aliphatic hydroxyl groups excluding tert-OH is 3. The van der Waals surface area contributed by atoms with Crippen molar-refractivity contribution in [3.63, 3.8) is 0 Å².